The molecular weight excluding hydrogens is 412 g/mol. The molecular formula is C15H28N2Na2O6P2. The molecule has 27 heavy (non-hydrogen) atoms. The molecule has 1 aromatic rings. The Morgan fingerprint density at radius 3 is 1.63 bits per heavy atom. The van der Waals surface area contributed by atoms with Crippen molar-refractivity contribution < 1.29 is 27.2 Å². The van der Waals surface area contributed by atoms with Gasteiger partial charge in [0, 0.05) is 64.8 Å². The van der Waals surface area contributed by atoms with Crippen LogP contribution < -0.4 is 5.32 Å². The second-order valence-corrected chi connectivity index (χ2v) is 9.57. The SMILES string of the molecule is CCOP(=O)(OCC)C(Nc1cccc(C)n1)P(=O)(OCC)OCC.[Na].[Na]. The largest absolute Gasteiger partial charge is 0.365 e. The molecule has 0 amide bonds. The predicted octanol–water partition coefficient (Wildman–Crippen LogP) is 3.86. The second-order valence-electron chi connectivity index (χ2n) is 4.93. The maximum atomic E-state index is 13.3. The summed E-state index contributed by atoms with van der Waals surface area (Å²) < 4.78 is 48.2. The van der Waals surface area contributed by atoms with Crippen molar-refractivity contribution in [3.63, 3.8) is 0 Å². The molecule has 0 atom stereocenters. The topological polar surface area (TPSA) is 96.0 Å². The summed E-state index contributed by atoms with van der Waals surface area (Å²) in [5.74, 6) is 0.379. The molecule has 0 spiro atoms. The maximum Gasteiger partial charge on any atom is 0.365 e. The van der Waals surface area contributed by atoms with Crippen molar-refractivity contribution in [2.45, 2.75) is 40.1 Å². The minimum absolute atomic E-state index is 0. The Kier molecular flexibility index (Phi) is 17.0. The fraction of sp³-hybridized carbons (Fsp3) is 0.667. The molecule has 0 aliphatic heterocycles. The number of aryl methyl sites for hydroxylation is 1. The van der Waals surface area contributed by atoms with Crippen molar-refractivity contribution in [1.82, 2.24) is 4.98 Å². The first-order chi connectivity index (χ1) is 11.8. The minimum Gasteiger partial charge on any atom is -0.346 e. The number of aromatic nitrogens is 1. The summed E-state index contributed by atoms with van der Waals surface area (Å²) in [6, 6.07) is 5.26. The quantitative estimate of drug-likeness (QED) is 0.387. The van der Waals surface area contributed by atoms with Crippen LogP contribution in [-0.2, 0) is 27.2 Å². The zero-order chi connectivity index (χ0) is 18.9. The minimum atomic E-state index is -3.86. The van der Waals surface area contributed by atoms with Gasteiger partial charge < -0.3 is 23.4 Å². The molecule has 1 aromatic heterocycles. The Bertz CT molecular complexity index is 588. The Morgan fingerprint density at radius 1 is 0.889 bits per heavy atom. The summed E-state index contributed by atoms with van der Waals surface area (Å²) in [6.07, 6.45) is 0. The van der Waals surface area contributed by atoms with E-state index in [4.69, 9.17) is 18.1 Å². The average Bonchev–Trinajstić information content (AvgIpc) is 2.53. The smallest absolute Gasteiger partial charge is 0.346 e. The third kappa shape index (κ3) is 9.29. The molecule has 0 aromatic carbocycles. The van der Waals surface area contributed by atoms with Crippen molar-refractivity contribution in [1.29, 1.82) is 0 Å². The van der Waals surface area contributed by atoms with Gasteiger partial charge in [-0.05, 0) is 46.8 Å². The van der Waals surface area contributed by atoms with E-state index in [-0.39, 0.29) is 85.5 Å². The average molecular weight is 440 g/mol. The van der Waals surface area contributed by atoms with Crippen molar-refractivity contribution >= 4 is 80.1 Å². The van der Waals surface area contributed by atoms with Gasteiger partial charge in [0.15, 0.2) is 0 Å². The molecule has 0 bridgehead atoms. The van der Waals surface area contributed by atoms with E-state index in [1.165, 1.54) is 0 Å². The molecule has 1 rings (SSSR count). The molecule has 0 saturated heterocycles. The maximum absolute atomic E-state index is 13.3. The predicted molar refractivity (Wildman–Crippen MR) is 110 cm³/mol. The van der Waals surface area contributed by atoms with E-state index >= 15 is 0 Å². The van der Waals surface area contributed by atoms with Crippen LogP contribution in [0.3, 0.4) is 0 Å². The molecule has 0 aliphatic carbocycles. The van der Waals surface area contributed by atoms with Gasteiger partial charge in [-0.1, -0.05) is 6.07 Å². The van der Waals surface area contributed by atoms with Gasteiger partial charge in [-0.25, -0.2) is 4.98 Å². The molecule has 1 N–H and O–H groups in total. The molecule has 1 heterocycles. The van der Waals surface area contributed by atoms with Gasteiger partial charge in [0.25, 0.3) is 0 Å². The molecule has 2 radical (unpaired) electrons. The number of nitrogens with zero attached hydrogens (tertiary/aromatic N) is 1. The Labute approximate surface area is 206 Å². The number of pyridine rings is 1. The van der Waals surface area contributed by atoms with Crippen LogP contribution in [-0.4, -0.2) is 96.1 Å². The number of hydrogen-bond donors (Lipinski definition) is 1. The molecule has 0 saturated carbocycles. The van der Waals surface area contributed by atoms with Gasteiger partial charge in [0.2, 0.25) is 5.52 Å². The van der Waals surface area contributed by atoms with Crippen LogP contribution in [0.5, 0.6) is 0 Å². The summed E-state index contributed by atoms with van der Waals surface area (Å²) in [7, 11) is -7.71. The summed E-state index contributed by atoms with van der Waals surface area (Å²) in [6.45, 7) is 9.02. The molecule has 146 valence electrons. The van der Waals surface area contributed by atoms with Crippen LogP contribution >= 0.6 is 15.2 Å². The zero-order valence-electron chi connectivity index (χ0n) is 17.4. The molecule has 0 aliphatic rings. The Morgan fingerprint density at radius 2 is 1.30 bits per heavy atom. The van der Waals surface area contributed by atoms with Crippen LogP contribution in [0.1, 0.15) is 33.4 Å². The van der Waals surface area contributed by atoms with Crippen LogP contribution in [0.2, 0.25) is 0 Å². The van der Waals surface area contributed by atoms with Gasteiger partial charge in [0.05, 0.1) is 26.4 Å². The van der Waals surface area contributed by atoms with Crippen LogP contribution in [0.25, 0.3) is 0 Å². The van der Waals surface area contributed by atoms with E-state index in [0.29, 0.717) is 5.82 Å². The van der Waals surface area contributed by atoms with Gasteiger partial charge in [-0.2, -0.15) is 0 Å². The number of anilines is 1. The van der Waals surface area contributed by atoms with E-state index < -0.39 is 20.7 Å². The molecule has 0 fully saturated rings. The van der Waals surface area contributed by atoms with Crippen molar-refractivity contribution in [3.05, 3.63) is 23.9 Å². The third-order valence-electron chi connectivity index (χ3n) is 3.00. The standard InChI is InChI=1S/C15H28N2O6P2.2Na/c1-6-20-24(18,21-7-2)15(25(19,22-8-3)23-9-4)17-14-12-10-11-13(5)16-14;;/h10-12,15H,6-9H2,1-5H3,(H,16,17);;. The van der Waals surface area contributed by atoms with Gasteiger partial charge in [-0.3, -0.25) is 9.13 Å². The van der Waals surface area contributed by atoms with Crippen molar-refractivity contribution in [2.24, 2.45) is 0 Å². The van der Waals surface area contributed by atoms with Crippen LogP contribution in [0.15, 0.2) is 18.2 Å². The fourth-order valence-electron chi connectivity index (χ4n) is 2.16. The van der Waals surface area contributed by atoms with Gasteiger partial charge in [0.1, 0.15) is 5.82 Å². The van der Waals surface area contributed by atoms with E-state index in [0.717, 1.165) is 5.69 Å². The summed E-state index contributed by atoms with van der Waals surface area (Å²) in [4.78, 5) is 4.30. The summed E-state index contributed by atoms with van der Waals surface area (Å²) in [5.41, 5.74) is -0.580. The molecule has 0 unspecified atom stereocenters. The number of rotatable bonds is 12. The first kappa shape index (κ1) is 30.4. The fourth-order valence-corrected chi connectivity index (χ4v) is 7.08. The van der Waals surface area contributed by atoms with Gasteiger partial charge in [-0.15, -0.1) is 0 Å². The van der Waals surface area contributed by atoms with Crippen LogP contribution in [0.4, 0.5) is 5.82 Å². The van der Waals surface area contributed by atoms with E-state index in [9.17, 15) is 9.13 Å². The van der Waals surface area contributed by atoms with Crippen molar-refractivity contribution in [3.8, 4) is 0 Å². The van der Waals surface area contributed by atoms with E-state index in [1.54, 1.807) is 39.8 Å². The summed E-state index contributed by atoms with van der Waals surface area (Å²) in [5, 5.41) is 2.90. The van der Waals surface area contributed by atoms with Crippen molar-refractivity contribution in [2.75, 3.05) is 31.7 Å². The van der Waals surface area contributed by atoms with Crippen LogP contribution in [0, 0.1) is 6.92 Å². The first-order valence-corrected chi connectivity index (χ1v) is 11.5. The summed E-state index contributed by atoms with van der Waals surface area (Å²) >= 11 is 0. The molecule has 8 nitrogen and oxygen atoms in total. The van der Waals surface area contributed by atoms with Gasteiger partial charge >= 0.3 is 15.2 Å². The zero-order valence-corrected chi connectivity index (χ0v) is 23.2. The second kappa shape index (κ2) is 15.1. The Hall–Kier alpha value is 1.25. The van der Waals surface area contributed by atoms with E-state index in [1.807, 2.05) is 13.0 Å². The normalized spacial score (nSPS) is 11.6. The number of hydrogen-bond acceptors (Lipinski definition) is 8. The Balaban J connectivity index is 0. The molecule has 12 heteroatoms. The third-order valence-corrected chi connectivity index (χ3v) is 8.63. The monoisotopic (exact) mass is 440 g/mol. The number of nitrogens with one attached hydrogen (secondary N) is 1. The van der Waals surface area contributed by atoms with E-state index in [2.05, 4.69) is 10.3 Å². The first-order valence-electron chi connectivity index (χ1n) is 8.32.